The minimum absolute atomic E-state index is 0. The molecule has 2 aromatic rings. The second-order valence-corrected chi connectivity index (χ2v) is 8.08. The highest BCUT2D eigenvalue weighted by atomic mass is 35.5. The average Bonchev–Trinajstić information content (AvgIpc) is 3.03. The molecule has 2 fully saturated rings. The molecule has 4 rings (SSSR count). The molecule has 2 aliphatic carbocycles. The summed E-state index contributed by atoms with van der Waals surface area (Å²) in [5.74, 6) is 1.07. The lowest BCUT2D eigenvalue weighted by Crippen LogP contribution is -2.48. The number of benzene rings is 1. The van der Waals surface area contributed by atoms with E-state index in [9.17, 15) is 9.59 Å². The lowest BCUT2D eigenvalue weighted by Gasteiger charge is -2.43. The number of carbonyl (C=O) groups excluding carboxylic acids is 2. The first-order valence-corrected chi connectivity index (χ1v) is 9.91. The summed E-state index contributed by atoms with van der Waals surface area (Å²) < 4.78 is 1.90. The van der Waals surface area contributed by atoms with Crippen LogP contribution in [0.2, 0.25) is 0 Å². The number of nitrogens with two attached hydrogens (primary N) is 1. The number of carbonyl (C=O) groups is 2. The Balaban J connectivity index is 0.00000225. The van der Waals surface area contributed by atoms with Crippen LogP contribution in [-0.2, 0) is 16.1 Å². The largest absolute Gasteiger partial charge is 0.358 e. The van der Waals surface area contributed by atoms with E-state index in [1.807, 2.05) is 35.0 Å². The molecule has 1 aromatic heterocycles. The van der Waals surface area contributed by atoms with Gasteiger partial charge in [0.2, 0.25) is 11.8 Å². The Labute approximate surface area is 171 Å². The monoisotopic (exact) mass is 404 g/mol. The SMILES string of the molecule is CNC(=O)Cn1ccc2ccc(NC(=O)C3CC4CCCC(C3)C4N)cc21.Cl. The molecule has 152 valence electrons. The van der Waals surface area contributed by atoms with E-state index in [1.54, 1.807) is 7.05 Å². The zero-order valence-corrected chi connectivity index (χ0v) is 17.0. The van der Waals surface area contributed by atoms with Gasteiger partial charge in [-0.3, -0.25) is 9.59 Å². The second-order valence-electron chi connectivity index (χ2n) is 8.08. The summed E-state index contributed by atoms with van der Waals surface area (Å²) in [5.41, 5.74) is 8.08. The molecule has 2 amide bonds. The van der Waals surface area contributed by atoms with Crippen LogP contribution in [0, 0.1) is 17.8 Å². The molecule has 7 heteroatoms. The summed E-state index contributed by atoms with van der Waals surface area (Å²) in [6.45, 7) is 0.265. The van der Waals surface area contributed by atoms with Crippen molar-refractivity contribution in [3.05, 3.63) is 30.5 Å². The van der Waals surface area contributed by atoms with Crippen molar-refractivity contribution in [2.75, 3.05) is 12.4 Å². The smallest absolute Gasteiger partial charge is 0.239 e. The normalized spacial score (nSPS) is 26.4. The highest BCUT2D eigenvalue weighted by molar-refractivity contribution is 5.95. The van der Waals surface area contributed by atoms with Crippen molar-refractivity contribution in [3.63, 3.8) is 0 Å². The number of rotatable bonds is 4. The van der Waals surface area contributed by atoms with Crippen molar-refractivity contribution in [2.45, 2.75) is 44.7 Å². The predicted molar refractivity (Wildman–Crippen MR) is 113 cm³/mol. The van der Waals surface area contributed by atoms with E-state index in [0.717, 1.165) is 42.3 Å². The van der Waals surface area contributed by atoms with Gasteiger partial charge in [-0.25, -0.2) is 0 Å². The molecule has 2 atom stereocenters. The van der Waals surface area contributed by atoms with Crippen LogP contribution in [-0.4, -0.2) is 29.5 Å². The van der Waals surface area contributed by atoms with E-state index in [0.29, 0.717) is 11.8 Å². The van der Waals surface area contributed by atoms with Crippen molar-refractivity contribution in [1.29, 1.82) is 0 Å². The number of amides is 2. The van der Waals surface area contributed by atoms with Gasteiger partial charge in [0.1, 0.15) is 6.54 Å². The molecule has 1 heterocycles. The van der Waals surface area contributed by atoms with Gasteiger partial charge in [0.15, 0.2) is 0 Å². The fraction of sp³-hybridized carbons (Fsp3) is 0.524. The van der Waals surface area contributed by atoms with Crippen LogP contribution in [0.5, 0.6) is 0 Å². The zero-order valence-electron chi connectivity index (χ0n) is 16.2. The minimum Gasteiger partial charge on any atom is -0.358 e. The van der Waals surface area contributed by atoms with Gasteiger partial charge >= 0.3 is 0 Å². The van der Waals surface area contributed by atoms with Gasteiger partial charge in [-0.15, -0.1) is 12.4 Å². The van der Waals surface area contributed by atoms with Crippen LogP contribution < -0.4 is 16.4 Å². The van der Waals surface area contributed by atoms with E-state index >= 15 is 0 Å². The highest BCUT2D eigenvalue weighted by Gasteiger charge is 2.40. The number of halogens is 1. The molecule has 1 aromatic carbocycles. The lowest BCUT2D eigenvalue weighted by molar-refractivity contribution is -0.123. The maximum absolute atomic E-state index is 12.9. The van der Waals surface area contributed by atoms with Gasteiger partial charge in [0, 0.05) is 30.9 Å². The molecule has 2 saturated carbocycles. The highest BCUT2D eigenvalue weighted by Crippen LogP contribution is 2.42. The molecule has 0 spiro atoms. The Bertz CT molecular complexity index is 851. The molecular formula is C21H29ClN4O2. The first kappa shape index (κ1) is 20.7. The Kier molecular flexibility index (Phi) is 6.30. The van der Waals surface area contributed by atoms with Crippen molar-refractivity contribution < 1.29 is 9.59 Å². The number of nitrogens with one attached hydrogen (secondary N) is 2. The van der Waals surface area contributed by atoms with Gasteiger partial charge < -0.3 is 20.9 Å². The van der Waals surface area contributed by atoms with Crippen LogP contribution in [0.1, 0.15) is 32.1 Å². The standard InChI is InChI=1S/C21H28N4O2.ClH/c1-23-19(26)12-25-8-7-13-5-6-17(11-18(13)25)24-21(27)16-9-14-3-2-4-15(10-16)20(14)22;/h5-8,11,14-16,20H,2-4,9-10,12,22H2,1H3,(H,23,26)(H,24,27);1H. The first-order chi connectivity index (χ1) is 13.0. The third kappa shape index (κ3) is 4.03. The number of anilines is 1. The molecule has 2 unspecified atom stereocenters. The summed E-state index contributed by atoms with van der Waals surface area (Å²) in [5, 5.41) is 6.79. The van der Waals surface area contributed by atoms with Crippen LogP contribution in [0.4, 0.5) is 5.69 Å². The number of nitrogens with zero attached hydrogens (tertiary/aromatic N) is 1. The second kappa shape index (κ2) is 8.53. The summed E-state index contributed by atoms with van der Waals surface area (Å²) in [7, 11) is 1.63. The molecule has 6 nitrogen and oxygen atoms in total. The number of likely N-dealkylation sites (N-methyl/N-ethyl adjacent to an activating group) is 1. The molecule has 0 saturated heterocycles. The third-order valence-corrected chi connectivity index (χ3v) is 6.42. The van der Waals surface area contributed by atoms with Gasteiger partial charge in [0.25, 0.3) is 0 Å². The molecule has 0 aliphatic heterocycles. The minimum atomic E-state index is -0.0491. The number of aromatic nitrogens is 1. The zero-order chi connectivity index (χ0) is 19.0. The van der Waals surface area contributed by atoms with Crippen LogP contribution >= 0.6 is 12.4 Å². The van der Waals surface area contributed by atoms with Gasteiger partial charge in [-0.2, -0.15) is 0 Å². The summed E-state index contributed by atoms with van der Waals surface area (Å²) in [6.07, 6.45) is 7.25. The Morgan fingerprint density at radius 1 is 1.18 bits per heavy atom. The maximum atomic E-state index is 12.9. The molecule has 4 N–H and O–H groups in total. The van der Waals surface area contributed by atoms with E-state index in [-0.39, 0.29) is 42.7 Å². The number of hydrogen-bond donors (Lipinski definition) is 3. The quantitative estimate of drug-likeness (QED) is 0.731. The maximum Gasteiger partial charge on any atom is 0.239 e. The average molecular weight is 405 g/mol. The molecular weight excluding hydrogens is 376 g/mol. The molecule has 2 aliphatic rings. The van der Waals surface area contributed by atoms with Gasteiger partial charge in [-0.05, 0) is 61.1 Å². The van der Waals surface area contributed by atoms with Gasteiger partial charge in [0.05, 0.1) is 5.52 Å². The third-order valence-electron chi connectivity index (χ3n) is 6.42. The van der Waals surface area contributed by atoms with Crippen molar-refractivity contribution in [3.8, 4) is 0 Å². The predicted octanol–water partition coefficient (Wildman–Crippen LogP) is 2.90. The molecule has 0 radical (unpaired) electrons. The number of hydrogen-bond acceptors (Lipinski definition) is 3. The first-order valence-electron chi connectivity index (χ1n) is 9.91. The van der Waals surface area contributed by atoms with Crippen molar-refractivity contribution in [1.82, 2.24) is 9.88 Å². The number of fused-ring (bicyclic) bond motifs is 3. The Morgan fingerprint density at radius 3 is 2.57 bits per heavy atom. The van der Waals surface area contributed by atoms with Crippen molar-refractivity contribution >= 4 is 40.8 Å². The summed E-state index contributed by atoms with van der Waals surface area (Å²) >= 11 is 0. The van der Waals surface area contributed by atoms with Crippen LogP contribution in [0.15, 0.2) is 30.5 Å². The van der Waals surface area contributed by atoms with Crippen LogP contribution in [0.25, 0.3) is 10.9 Å². The Morgan fingerprint density at radius 2 is 1.89 bits per heavy atom. The van der Waals surface area contributed by atoms with Gasteiger partial charge in [-0.1, -0.05) is 12.5 Å². The van der Waals surface area contributed by atoms with E-state index in [2.05, 4.69) is 10.6 Å². The fourth-order valence-corrected chi connectivity index (χ4v) is 4.88. The molecule has 28 heavy (non-hydrogen) atoms. The Hall–Kier alpha value is -2.05. The topological polar surface area (TPSA) is 89.2 Å². The fourth-order valence-electron chi connectivity index (χ4n) is 4.88. The van der Waals surface area contributed by atoms with Crippen LogP contribution in [0.3, 0.4) is 0 Å². The van der Waals surface area contributed by atoms with E-state index < -0.39 is 0 Å². The summed E-state index contributed by atoms with van der Waals surface area (Å²) in [4.78, 5) is 24.6. The lowest BCUT2D eigenvalue weighted by atomic mass is 9.65. The van der Waals surface area contributed by atoms with E-state index in [1.165, 1.54) is 6.42 Å². The van der Waals surface area contributed by atoms with Crippen molar-refractivity contribution in [2.24, 2.45) is 23.5 Å². The van der Waals surface area contributed by atoms with E-state index in [4.69, 9.17) is 5.73 Å². The molecule has 2 bridgehead atoms. The summed E-state index contributed by atoms with van der Waals surface area (Å²) in [6, 6.07) is 8.11.